The fourth-order valence-electron chi connectivity index (χ4n) is 1.03. The van der Waals surface area contributed by atoms with Crippen LogP contribution < -0.4 is 10.6 Å². The predicted octanol–water partition coefficient (Wildman–Crippen LogP) is 1.16. The van der Waals surface area contributed by atoms with Crippen LogP contribution in [0.4, 0.5) is 0 Å². The van der Waals surface area contributed by atoms with E-state index in [1.165, 1.54) is 0 Å². The molecule has 0 aliphatic heterocycles. The van der Waals surface area contributed by atoms with E-state index in [-0.39, 0.29) is 0 Å². The van der Waals surface area contributed by atoms with Gasteiger partial charge in [0.25, 0.3) is 0 Å². The molecule has 2 N–H and O–H groups in total. The Morgan fingerprint density at radius 2 is 2.08 bits per heavy atom. The van der Waals surface area contributed by atoms with Crippen molar-refractivity contribution in [3.8, 4) is 0 Å². The van der Waals surface area contributed by atoms with E-state index in [1.54, 1.807) is 0 Å². The average molecular weight is 181 g/mol. The minimum Gasteiger partial charge on any atom is -0.464 e. The summed E-state index contributed by atoms with van der Waals surface area (Å²) in [6, 6.07) is 0. The van der Waals surface area contributed by atoms with Crippen LogP contribution in [0, 0.1) is 6.42 Å². The van der Waals surface area contributed by atoms with E-state index in [1.807, 2.05) is 39.6 Å². The van der Waals surface area contributed by atoms with Crippen molar-refractivity contribution in [2.24, 2.45) is 0 Å². The minimum atomic E-state index is -0.493. The normalized spacial score (nSPS) is 17.0. The Kier molecular flexibility index (Phi) is 3.51. The van der Waals surface area contributed by atoms with Crippen LogP contribution in [0.1, 0.15) is 13.3 Å². The van der Waals surface area contributed by atoms with Gasteiger partial charge in [-0.25, -0.2) is 0 Å². The summed E-state index contributed by atoms with van der Waals surface area (Å²) in [7, 11) is 3.71. The minimum absolute atomic E-state index is 0.493. The highest BCUT2D eigenvalue weighted by atomic mass is 16.5. The Bertz CT molecular complexity index is 217. The van der Waals surface area contributed by atoms with Gasteiger partial charge in [-0.05, 0) is 26.6 Å². The van der Waals surface area contributed by atoms with Gasteiger partial charge in [0.15, 0.2) is 0 Å². The van der Waals surface area contributed by atoms with Gasteiger partial charge < -0.3 is 4.74 Å². The van der Waals surface area contributed by atoms with E-state index < -0.39 is 5.85 Å². The molecule has 0 fully saturated rings. The third kappa shape index (κ3) is 2.86. The van der Waals surface area contributed by atoms with Crippen molar-refractivity contribution in [2.45, 2.75) is 19.2 Å². The van der Waals surface area contributed by atoms with E-state index in [9.17, 15) is 0 Å². The molecule has 3 heteroatoms. The van der Waals surface area contributed by atoms with Crippen LogP contribution in [0.15, 0.2) is 24.0 Å². The fraction of sp³-hybridized carbons (Fsp3) is 0.500. The third-order valence-electron chi connectivity index (χ3n) is 2.13. The van der Waals surface area contributed by atoms with Crippen molar-refractivity contribution in [2.75, 3.05) is 14.1 Å². The Labute approximate surface area is 79.9 Å². The maximum Gasteiger partial charge on any atom is 0.213 e. The van der Waals surface area contributed by atoms with Crippen LogP contribution in [0.3, 0.4) is 0 Å². The highest BCUT2D eigenvalue weighted by Crippen LogP contribution is 2.16. The van der Waals surface area contributed by atoms with Crippen molar-refractivity contribution in [1.29, 1.82) is 0 Å². The second kappa shape index (κ2) is 4.44. The lowest BCUT2D eigenvalue weighted by Gasteiger charge is -2.31. The molecule has 1 aliphatic rings. The standard InChI is InChI=1S/C10H17N2O/c1-10(11-2,12-3)13-9-7-5-4-6-8-9/h4-5,7-8,11-12H,6H2,1-3H3. The highest BCUT2D eigenvalue weighted by molar-refractivity contribution is 5.21. The number of allylic oxidation sites excluding steroid dienone is 4. The maximum absolute atomic E-state index is 5.71. The zero-order valence-electron chi connectivity index (χ0n) is 8.42. The number of rotatable bonds is 4. The molecule has 3 nitrogen and oxygen atoms in total. The molecule has 0 saturated heterocycles. The molecule has 13 heavy (non-hydrogen) atoms. The van der Waals surface area contributed by atoms with Gasteiger partial charge in [-0.15, -0.1) is 0 Å². The van der Waals surface area contributed by atoms with Crippen molar-refractivity contribution in [1.82, 2.24) is 10.6 Å². The first kappa shape index (κ1) is 10.3. The van der Waals surface area contributed by atoms with Gasteiger partial charge in [-0.1, -0.05) is 12.2 Å². The molecule has 1 aliphatic carbocycles. The predicted molar refractivity (Wildman–Crippen MR) is 53.7 cm³/mol. The lowest BCUT2D eigenvalue weighted by atomic mass is 10.1. The van der Waals surface area contributed by atoms with Crippen LogP contribution in [0.5, 0.6) is 0 Å². The van der Waals surface area contributed by atoms with Crippen LogP contribution in [-0.4, -0.2) is 19.9 Å². The van der Waals surface area contributed by atoms with E-state index in [0.29, 0.717) is 0 Å². The van der Waals surface area contributed by atoms with E-state index in [4.69, 9.17) is 4.74 Å². The summed E-state index contributed by atoms with van der Waals surface area (Å²) in [5, 5.41) is 6.11. The molecular weight excluding hydrogens is 164 g/mol. The lowest BCUT2D eigenvalue weighted by Crippen LogP contribution is -2.53. The van der Waals surface area contributed by atoms with Gasteiger partial charge in [0.2, 0.25) is 5.85 Å². The Hall–Kier alpha value is -0.800. The maximum atomic E-state index is 5.71. The first-order valence-corrected chi connectivity index (χ1v) is 4.47. The highest BCUT2D eigenvalue weighted by Gasteiger charge is 2.21. The number of hydrogen-bond acceptors (Lipinski definition) is 3. The molecule has 0 heterocycles. The summed E-state index contributed by atoms with van der Waals surface area (Å²) in [6.07, 6.45) is 9.03. The molecule has 0 atom stereocenters. The van der Waals surface area contributed by atoms with Gasteiger partial charge in [0.1, 0.15) is 5.76 Å². The van der Waals surface area contributed by atoms with Crippen LogP contribution in [0.25, 0.3) is 0 Å². The summed E-state index contributed by atoms with van der Waals surface area (Å²) in [5.74, 6) is 0.404. The van der Waals surface area contributed by atoms with Crippen LogP contribution in [0.2, 0.25) is 0 Å². The molecule has 1 radical (unpaired) electrons. The quantitative estimate of drug-likeness (QED) is 0.639. The zero-order chi connectivity index (χ0) is 9.73. The first-order valence-electron chi connectivity index (χ1n) is 4.47. The Morgan fingerprint density at radius 3 is 2.54 bits per heavy atom. The Balaban J connectivity index is 2.55. The van der Waals surface area contributed by atoms with Gasteiger partial charge in [0, 0.05) is 13.3 Å². The summed E-state index contributed by atoms with van der Waals surface area (Å²) in [6.45, 7) is 1.94. The van der Waals surface area contributed by atoms with Crippen LogP contribution in [-0.2, 0) is 4.74 Å². The number of ether oxygens (including phenoxy) is 1. The summed E-state index contributed by atoms with van der Waals surface area (Å²) in [5.41, 5.74) is 0. The van der Waals surface area contributed by atoms with Crippen molar-refractivity contribution < 1.29 is 4.74 Å². The zero-order valence-corrected chi connectivity index (χ0v) is 8.42. The largest absolute Gasteiger partial charge is 0.464 e. The summed E-state index contributed by atoms with van der Waals surface area (Å²) >= 11 is 0. The molecule has 0 spiro atoms. The SMILES string of the molecule is CNC(C)(NC)OC1=CC=CC[CH]1. The second-order valence-corrected chi connectivity index (χ2v) is 3.07. The molecule has 73 valence electrons. The summed E-state index contributed by atoms with van der Waals surface area (Å²) in [4.78, 5) is 0. The molecule has 0 aromatic rings. The molecule has 0 saturated carbocycles. The van der Waals surface area contributed by atoms with Crippen molar-refractivity contribution >= 4 is 0 Å². The molecule has 0 amide bonds. The lowest BCUT2D eigenvalue weighted by molar-refractivity contribution is -0.0266. The average Bonchev–Trinajstić information content (AvgIpc) is 2.19. The van der Waals surface area contributed by atoms with Crippen molar-refractivity contribution in [3.05, 3.63) is 30.4 Å². The van der Waals surface area contributed by atoms with E-state index >= 15 is 0 Å². The smallest absolute Gasteiger partial charge is 0.213 e. The third-order valence-corrected chi connectivity index (χ3v) is 2.13. The molecule has 0 aromatic heterocycles. The van der Waals surface area contributed by atoms with Gasteiger partial charge in [0.05, 0.1) is 0 Å². The first-order chi connectivity index (χ1) is 6.20. The van der Waals surface area contributed by atoms with E-state index in [2.05, 4.69) is 16.7 Å². The topological polar surface area (TPSA) is 33.3 Å². The Morgan fingerprint density at radius 1 is 1.38 bits per heavy atom. The van der Waals surface area contributed by atoms with Crippen LogP contribution >= 0.6 is 0 Å². The molecule has 1 rings (SSSR count). The van der Waals surface area contributed by atoms with Gasteiger partial charge >= 0.3 is 0 Å². The molecular formula is C10H17N2O. The molecule has 0 aromatic carbocycles. The van der Waals surface area contributed by atoms with Gasteiger partial charge in [-0.2, -0.15) is 0 Å². The molecule has 0 unspecified atom stereocenters. The molecule has 0 bridgehead atoms. The second-order valence-electron chi connectivity index (χ2n) is 3.07. The number of hydrogen-bond donors (Lipinski definition) is 2. The fourth-order valence-corrected chi connectivity index (χ4v) is 1.03. The van der Waals surface area contributed by atoms with Crippen molar-refractivity contribution in [3.63, 3.8) is 0 Å². The monoisotopic (exact) mass is 181 g/mol. The van der Waals surface area contributed by atoms with E-state index in [0.717, 1.165) is 12.2 Å². The summed E-state index contributed by atoms with van der Waals surface area (Å²) < 4.78 is 5.71. The number of nitrogens with one attached hydrogen (secondary N) is 2. The van der Waals surface area contributed by atoms with Gasteiger partial charge in [-0.3, -0.25) is 10.6 Å².